The molecule has 0 unspecified atom stereocenters. The van der Waals surface area contributed by atoms with Crippen LogP contribution in [0.1, 0.15) is 61.8 Å². The molecule has 0 aromatic rings. The number of Topliss-reactive ketones (excluding diaryl/α,β-unsaturated/α-hetero) is 1. The Bertz CT molecular complexity index is 433. The predicted octanol–water partition coefficient (Wildman–Crippen LogP) is 5.20. The molecule has 0 aromatic heterocycles. The van der Waals surface area contributed by atoms with Crippen LogP contribution in [0.3, 0.4) is 0 Å². The highest BCUT2D eigenvalue weighted by Gasteiger charge is 2.45. The Balaban J connectivity index is 5.48. The molecule has 0 saturated carbocycles. The van der Waals surface area contributed by atoms with Gasteiger partial charge in [-0.15, -0.1) is 6.58 Å². The Labute approximate surface area is 151 Å². The van der Waals surface area contributed by atoms with Gasteiger partial charge in [-0.25, -0.2) is 0 Å². The third-order valence-electron chi connectivity index (χ3n) is 5.66. The molecule has 4 heteroatoms. The molecule has 0 aliphatic rings. The predicted molar refractivity (Wildman–Crippen MR) is 106 cm³/mol. The summed E-state index contributed by atoms with van der Waals surface area (Å²) in [7, 11) is -1.97. The minimum atomic E-state index is -1.97. The number of aliphatic hydroxyl groups excluding tert-OH is 1. The van der Waals surface area contributed by atoms with Crippen molar-refractivity contribution in [2.24, 2.45) is 17.3 Å². The van der Waals surface area contributed by atoms with E-state index in [1.807, 2.05) is 20.8 Å². The molecule has 3 nitrogen and oxygen atoms in total. The fraction of sp³-hybridized carbons (Fsp3) is 0.850. The summed E-state index contributed by atoms with van der Waals surface area (Å²) >= 11 is 0. The number of carbonyl (C=O) groups is 1. The molecule has 0 spiro atoms. The molecule has 0 radical (unpaired) electrons. The molecule has 0 aliphatic carbocycles. The van der Waals surface area contributed by atoms with E-state index in [4.69, 9.17) is 4.43 Å². The van der Waals surface area contributed by atoms with E-state index >= 15 is 0 Å². The van der Waals surface area contributed by atoms with Gasteiger partial charge < -0.3 is 9.53 Å². The second-order valence-electron chi connectivity index (χ2n) is 9.50. The lowest BCUT2D eigenvalue weighted by Crippen LogP contribution is -2.51. The SMILES string of the molecule is C=CC[C@H](O)C(C)(C)C(=O)[C@@H](C)[C@H](O[Si](C)(C)C(C)(C)C)C(C)C. The van der Waals surface area contributed by atoms with Gasteiger partial charge in [-0.2, -0.15) is 0 Å². The summed E-state index contributed by atoms with van der Waals surface area (Å²) in [6, 6.07) is 0. The van der Waals surface area contributed by atoms with Crippen LogP contribution >= 0.6 is 0 Å². The summed E-state index contributed by atoms with van der Waals surface area (Å²) in [4.78, 5) is 13.1. The smallest absolute Gasteiger partial charge is 0.192 e. The summed E-state index contributed by atoms with van der Waals surface area (Å²) in [6.45, 7) is 24.5. The van der Waals surface area contributed by atoms with Crippen LogP contribution in [0.15, 0.2) is 12.7 Å². The van der Waals surface area contributed by atoms with Gasteiger partial charge in [0.05, 0.1) is 12.2 Å². The van der Waals surface area contributed by atoms with E-state index in [0.717, 1.165) is 0 Å². The zero-order valence-electron chi connectivity index (χ0n) is 17.6. The fourth-order valence-corrected chi connectivity index (χ4v) is 4.20. The van der Waals surface area contributed by atoms with E-state index in [0.29, 0.717) is 6.42 Å². The lowest BCUT2D eigenvalue weighted by atomic mass is 9.73. The Morgan fingerprint density at radius 2 is 1.62 bits per heavy atom. The van der Waals surface area contributed by atoms with Crippen LogP contribution in [0.4, 0.5) is 0 Å². The Morgan fingerprint density at radius 1 is 1.17 bits per heavy atom. The first-order chi connectivity index (χ1) is 10.6. The third-order valence-corrected chi connectivity index (χ3v) is 10.1. The monoisotopic (exact) mass is 356 g/mol. The number of hydrogen-bond donors (Lipinski definition) is 1. The Kier molecular flexibility index (Phi) is 8.13. The van der Waals surface area contributed by atoms with Gasteiger partial charge in [0.1, 0.15) is 5.78 Å². The van der Waals surface area contributed by atoms with Crippen molar-refractivity contribution < 1.29 is 14.3 Å². The van der Waals surface area contributed by atoms with E-state index in [1.165, 1.54) is 0 Å². The van der Waals surface area contributed by atoms with Crippen molar-refractivity contribution in [1.29, 1.82) is 0 Å². The minimum Gasteiger partial charge on any atom is -0.413 e. The highest BCUT2D eigenvalue weighted by atomic mass is 28.4. The highest BCUT2D eigenvalue weighted by molar-refractivity contribution is 6.74. The molecule has 0 aromatic carbocycles. The van der Waals surface area contributed by atoms with Crippen molar-refractivity contribution in [2.45, 2.75) is 92.2 Å². The van der Waals surface area contributed by atoms with Gasteiger partial charge in [0.15, 0.2) is 8.32 Å². The average Bonchev–Trinajstić information content (AvgIpc) is 2.41. The number of ketones is 1. The van der Waals surface area contributed by atoms with Crippen molar-refractivity contribution >= 4 is 14.1 Å². The summed E-state index contributed by atoms with van der Waals surface area (Å²) in [5.74, 6) is 0.0493. The van der Waals surface area contributed by atoms with Gasteiger partial charge in [-0.1, -0.05) is 61.5 Å². The number of hydrogen-bond acceptors (Lipinski definition) is 3. The topological polar surface area (TPSA) is 46.5 Å². The molecule has 0 fully saturated rings. The molecule has 0 aliphatic heterocycles. The molecule has 0 bridgehead atoms. The largest absolute Gasteiger partial charge is 0.413 e. The van der Waals surface area contributed by atoms with Crippen LogP contribution in [0.25, 0.3) is 0 Å². The van der Waals surface area contributed by atoms with Crippen LogP contribution < -0.4 is 0 Å². The lowest BCUT2D eigenvalue weighted by Gasteiger charge is -2.43. The van der Waals surface area contributed by atoms with Gasteiger partial charge in [0.2, 0.25) is 0 Å². The minimum absolute atomic E-state index is 0.0641. The Hall–Kier alpha value is -0.453. The van der Waals surface area contributed by atoms with E-state index in [9.17, 15) is 9.90 Å². The summed E-state index contributed by atoms with van der Waals surface area (Å²) < 4.78 is 6.60. The molecule has 0 heterocycles. The number of rotatable bonds is 9. The van der Waals surface area contributed by atoms with Crippen LogP contribution in [0.5, 0.6) is 0 Å². The van der Waals surface area contributed by atoms with Crippen LogP contribution in [0, 0.1) is 17.3 Å². The van der Waals surface area contributed by atoms with Gasteiger partial charge in [0, 0.05) is 11.3 Å². The molecule has 1 N–H and O–H groups in total. The summed E-state index contributed by atoms with van der Waals surface area (Å²) in [6.07, 6.45) is 1.23. The first kappa shape index (κ1) is 23.5. The molecule has 24 heavy (non-hydrogen) atoms. The summed E-state index contributed by atoms with van der Waals surface area (Å²) in [5.41, 5.74) is -0.808. The van der Waals surface area contributed by atoms with E-state index < -0.39 is 19.8 Å². The molecule has 0 saturated heterocycles. The second kappa shape index (κ2) is 8.28. The molecule has 0 amide bonds. The van der Waals surface area contributed by atoms with Crippen LogP contribution in [-0.2, 0) is 9.22 Å². The zero-order chi connectivity index (χ0) is 19.5. The first-order valence-corrected chi connectivity index (χ1v) is 12.0. The maximum absolute atomic E-state index is 13.1. The second-order valence-corrected chi connectivity index (χ2v) is 14.3. The standard InChI is InChI=1S/C20H40O3Si/c1-12-13-16(21)20(8,9)18(22)15(4)17(14(2)3)23-24(10,11)19(5,6)7/h12,14-17,21H,1,13H2,2-11H3/t15-,16-,17+/m0/s1. The highest BCUT2D eigenvalue weighted by Crippen LogP contribution is 2.40. The van der Waals surface area contributed by atoms with Crippen molar-refractivity contribution in [2.75, 3.05) is 0 Å². The normalized spacial score (nSPS) is 17.5. The lowest BCUT2D eigenvalue weighted by molar-refractivity contribution is -0.140. The zero-order valence-corrected chi connectivity index (χ0v) is 18.6. The van der Waals surface area contributed by atoms with E-state index in [2.05, 4.69) is 54.3 Å². The van der Waals surface area contributed by atoms with Gasteiger partial charge >= 0.3 is 0 Å². The van der Waals surface area contributed by atoms with Crippen molar-refractivity contribution in [3.63, 3.8) is 0 Å². The fourth-order valence-electron chi connectivity index (χ4n) is 2.69. The van der Waals surface area contributed by atoms with Crippen molar-refractivity contribution in [1.82, 2.24) is 0 Å². The number of aliphatic hydroxyl groups is 1. The quantitative estimate of drug-likeness (QED) is 0.456. The average molecular weight is 357 g/mol. The van der Waals surface area contributed by atoms with Crippen LogP contribution in [-0.4, -0.2) is 31.4 Å². The molecule has 3 atom stereocenters. The van der Waals surface area contributed by atoms with Gasteiger partial charge in [0.25, 0.3) is 0 Å². The van der Waals surface area contributed by atoms with E-state index in [-0.39, 0.29) is 28.8 Å². The molecular formula is C20H40O3Si. The Morgan fingerprint density at radius 3 is 1.96 bits per heavy atom. The van der Waals surface area contributed by atoms with Gasteiger partial charge in [-0.3, -0.25) is 4.79 Å². The van der Waals surface area contributed by atoms with E-state index in [1.54, 1.807) is 6.08 Å². The van der Waals surface area contributed by atoms with Crippen molar-refractivity contribution in [3.8, 4) is 0 Å². The number of carbonyl (C=O) groups excluding carboxylic acids is 1. The van der Waals surface area contributed by atoms with Crippen LogP contribution in [0.2, 0.25) is 18.1 Å². The maximum atomic E-state index is 13.1. The third kappa shape index (κ3) is 5.53. The molecule has 142 valence electrons. The molecule has 0 rings (SSSR count). The first-order valence-electron chi connectivity index (χ1n) is 9.10. The van der Waals surface area contributed by atoms with Gasteiger partial charge in [-0.05, 0) is 30.5 Å². The maximum Gasteiger partial charge on any atom is 0.192 e. The molecular weight excluding hydrogens is 316 g/mol. The summed E-state index contributed by atoms with van der Waals surface area (Å²) in [5, 5.41) is 10.5. The van der Waals surface area contributed by atoms with Crippen molar-refractivity contribution in [3.05, 3.63) is 12.7 Å².